The molecule has 1 aliphatic rings. The Bertz CT molecular complexity index is 1270. The third-order valence-electron chi connectivity index (χ3n) is 5.68. The minimum atomic E-state index is 0.644. The standard InChI is InChI=1S/C24H20N4O2/c1-14-23(16(3)29-26-14)18-6-9-20-21(12-18)28(19-7-4-17(13-25)5-8-19)11-10-22-24(20)15(2)27-30-22/h4-9,12H,10-11H2,1-3H3. The van der Waals surface area contributed by atoms with Crippen LogP contribution >= 0.6 is 0 Å². The molecule has 0 aliphatic carbocycles. The molecule has 5 rings (SSSR count). The van der Waals surface area contributed by atoms with Gasteiger partial charge in [-0.25, -0.2) is 0 Å². The van der Waals surface area contributed by atoms with Crippen molar-refractivity contribution in [2.75, 3.05) is 11.4 Å². The van der Waals surface area contributed by atoms with E-state index >= 15 is 0 Å². The van der Waals surface area contributed by atoms with Gasteiger partial charge in [0, 0.05) is 41.0 Å². The number of fused-ring (bicyclic) bond motifs is 3. The number of aryl methyl sites for hydroxylation is 3. The van der Waals surface area contributed by atoms with Gasteiger partial charge in [0.15, 0.2) is 0 Å². The Morgan fingerprint density at radius 2 is 1.67 bits per heavy atom. The first-order valence-electron chi connectivity index (χ1n) is 9.87. The summed E-state index contributed by atoms with van der Waals surface area (Å²) in [6.07, 6.45) is 0.742. The second-order valence-corrected chi connectivity index (χ2v) is 7.56. The van der Waals surface area contributed by atoms with Gasteiger partial charge in [-0.15, -0.1) is 0 Å². The highest BCUT2D eigenvalue weighted by molar-refractivity contribution is 5.89. The van der Waals surface area contributed by atoms with Gasteiger partial charge in [-0.1, -0.05) is 22.4 Å². The molecule has 0 fully saturated rings. The lowest BCUT2D eigenvalue weighted by Crippen LogP contribution is -2.19. The first-order chi connectivity index (χ1) is 14.6. The van der Waals surface area contributed by atoms with E-state index in [2.05, 4.69) is 39.5 Å². The summed E-state index contributed by atoms with van der Waals surface area (Å²) in [5, 5.41) is 17.5. The molecule has 0 unspecified atom stereocenters. The summed E-state index contributed by atoms with van der Waals surface area (Å²) < 4.78 is 11.0. The molecule has 30 heavy (non-hydrogen) atoms. The van der Waals surface area contributed by atoms with E-state index in [0.29, 0.717) is 5.56 Å². The summed E-state index contributed by atoms with van der Waals surface area (Å²) in [6.45, 7) is 6.61. The molecule has 0 saturated carbocycles. The van der Waals surface area contributed by atoms with Gasteiger partial charge in [0.1, 0.15) is 11.5 Å². The van der Waals surface area contributed by atoms with Gasteiger partial charge in [0.25, 0.3) is 0 Å². The summed E-state index contributed by atoms with van der Waals surface area (Å²) in [5.41, 5.74) is 8.72. The van der Waals surface area contributed by atoms with Crippen LogP contribution in [0.4, 0.5) is 11.4 Å². The van der Waals surface area contributed by atoms with Crippen molar-refractivity contribution in [1.29, 1.82) is 5.26 Å². The van der Waals surface area contributed by atoms with Gasteiger partial charge in [-0.05, 0) is 56.7 Å². The molecule has 1 aliphatic heterocycles. The number of hydrogen-bond acceptors (Lipinski definition) is 6. The maximum Gasteiger partial charge on any atom is 0.146 e. The van der Waals surface area contributed by atoms with E-state index in [1.54, 1.807) is 0 Å². The van der Waals surface area contributed by atoms with Crippen LogP contribution in [-0.4, -0.2) is 16.9 Å². The number of hydrogen-bond donors (Lipinski definition) is 0. The van der Waals surface area contributed by atoms with Crippen LogP contribution in [0.1, 0.15) is 28.5 Å². The van der Waals surface area contributed by atoms with E-state index in [0.717, 1.165) is 69.5 Å². The minimum absolute atomic E-state index is 0.644. The quantitative estimate of drug-likeness (QED) is 0.446. The first-order valence-corrected chi connectivity index (χ1v) is 9.87. The smallest absolute Gasteiger partial charge is 0.146 e. The van der Waals surface area contributed by atoms with Gasteiger partial charge in [0.05, 0.1) is 23.0 Å². The lowest BCUT2D eigenvalue weighted by molar-refractivity contribution is 0.381. The monoisotopic (exact) mass is 396 g/mol. The van der Waals surface area contributed by atoms with Gasteiger partial charge in [-0.2, -0.15) is 5.26 Å². The predicted molar refractivity (Wildman–Crippen MR) is 114 cm³/mol. The molecule has 148 valence electrons. The van der Waals surface area contributed by atoms with Crippen molar-refractivity contribution >= 4 is 11.4 Å². The van der Waals surface area contributed by atoms with E-state index in [-0.39, 0.29) is 0 Å². The van der Waals surface area contributed by atoms with E-state index in [9.17, 15) is 0 Å². The molecule has 0 bridgehead atoms. The highest BCUT2D eigenvalue weighted by atomic mass is 16.5. The normalized spacial score (nSPS) is 12.8. The summed E-state index contributed by atoms with van der Waals surface area (Å²) in [7, 11) is 0. The lowest BCUT2D eigenvalue weighted by Gasteiger charge is -2.26. The summed E-state index contributed by atoms with van der Waals surface area (Å²) in [4.78, 5) is 2.27. The highest BCUT2D eigenvalue weighted by Crippen LogP contribution is 2.43. The third kappa shape index (κ3) is 2.79. The maximum absolute atomic E-state index is 9.16. The van der Waals surface area contributed by atoms with Gasteiger partial charge in [0.2, 0.25) is 0 Å². The molecule has 6 nitrogen and oxygen atoms in total. The average molecular weight is 396 g/mol. The molecule has 0 radical (unpaired) electrons. The summed E-state index contributed by atoms with van der Waals surface area (Å²) >= 11 is 0. The molecule has 4 aromatic rings. The van der Waals surface area contributed by atoms with Crippen LogP contribution in [0, 0.1) is 32.1 Å². The largest absolute Gasteiger partial charge is 0.361 e. The number of benzene rings is 2. The fourth-order valence-electron chi connectivity index (χ4n) is 4.27. The minimum Gasteiger partial charge on any atom is -0.361 e. The second kappa shape index (κ2) is 6.89. The predicted octanol–water partition coefficient (Wildman–Crippen LogP) is 5.49. The van der Waals surface area contributed by atoms with Crippen molar-refractivity contribution in [2.24, 2.45) is 0 Å². The Kier molecular flexibility index (Phi) is 4.18. The zero-order chi connectivity index (χ0) is 20.8. The average Bonchev–Trinajstić information content (AvgIpc) is 3.24. The SMILES string of the molecule is Cc1noc(C)c1-c1ccc2c(c1)N(c1ccc(C#N)cc1)CCc1onc(C)c1-2. The van der Waals surface area contributed by atoms with Crippen molar-refractivity contribution in [3.8, 4) is 28.3 Å². The van der Waals surface area contributed by atoms with Gasteiger partial charge in [-0.3, -0.25) is 0 Å². The molecule has 0 atom stereocenters. The fraction of sp³-hybridized carbons (Fsp3) is 0.208. The van der Waals surface area contributed by atoms with E-state index in [1.165, 1.54) is 0 Å². The van der Waals surface area contributed by atoms with Crippen LogP contribution in [0.2, 0.25) is 0 Å². The van der Waals surface area contributed by atoms with Crippen LogP contribution in [-0.2, 0) is 6.42 Å². The van der Waals surface area contributed by atoms with Crippen molar-refractivity contribution in [2.45, 2.75) is 27.2 Å². The Morgan fingerprint density at radius 3 is 2.37 bits per heavy atom. The molecule has 0 amide bonds. The third-order valence-corrected chi connectivity index (χ3v) is 5.68. The van der Waals surface area contributed by atoms with Crippen molar-refractivity contribution < 1.29 is 9.05 Å². The number of nitriles is 1. The Hall–Kier alpha value is -3.85. The van der Waals surface area contributed by atoms with Crippen molar-refractivity contribution in [3.63, 3.8) is 0 Å². The molecule has 3 heterocycles. The molecule has 6 heteroatoms. The Morgan fingerprint density at radius 1 is 0.933 bits per heavy atom. The van der Waals surface area contributed by atoms with Crippen LogP contribution in [0.3, 0.4) is 0 Å². The number of aromatic nitrogens is 2. The number of anilines is 2. The molecule has 2 aromatic carbocycles. The van der Waals surface area contributed by atoms with Crippen LogP contribution < -0.4 is 4.90 Å². The molecule has 0 spiro atoms. The number of nitrogens with zero attached hydrogens (tertiary/aromatic N) is 4. The second-order valence-electron chi connectivity index (χ2n) is 7.56. The topological polar surface area (TPSA) is 79.1 Å². The van der Waals surface area contributed by atoms with E-state index < -0.39 is 0 Å². The highest BCUT2D eigenvalue weighted by Gasteiger charge is 2.27. The fourth-order valence-corrected chi connectivity index (χ4v) is 4.27. The first kappa shape index (κ1) is 18.2. The summed E-state index contributed by atoms with van der Waals surface area (Å²) in [5.74, 6) is 1.70. The van der Waals surface area contributed by atoms with Crippen LogP contribution in [0.25, 0.3) is 22.3 Å². The molecule has 2 aromatic heterocycles. The van der Waals surface area contributed by atoms with Crippen molar-refractivity contribution in [1.82, 2.24) is 10.3 Å². The Balaban J connectivity index is 1.73. The number of rotatable bonds is 2. The van der Waals surface area contributed by atoms with Crippen LogP contribution in [0.5, 0.6) is 0 Å². The van der Waals surface area contributed by atoms with Crippen LogP contribution in [0.15, 0.2) is 51.5 Å². The lowest BCUT2D eigenvalue weighted by atomic mass is 9.96. The van der Waals surface area contributed by atoms with E-state index in [1.807, 2.05) is 45.0 Å². The Labute approximate surface area is 174 Å². The van der Waals surface area contributed by atoms with Gasteiger partial charge < -0.3 is 13.9 Å². The molecular weight excluding hydrogens is 376 g/mol. The zero-order valence-electron chi connectivity index (χ0n) is 17.1. The molecule has 0 N–H and O–H groups in total. The zero-order valence-corrected chi connectivity index (χ0v) is 17.1. The van der Waals surface area contributed by atoms with E-state index in [4.69, 9.17) is 14.3 Å². The summed E-state index contributed by atoms with van der Waals surface area (Å²) in [6, 6.07) is 16.3. The van der Waals surface area contributed by atoms with Crippen molar-refractivity contribution in [3.05, 3.63) is 70.9 Å². The molecular formula is C24H20N4O2. The van der Waals surface area contributed by atoms with Gasteiger partial charge >= 0.3 is 0 Å². The molecule has 0 saturated heterocycles. The maximum atomic E-state index is 9.16.